The fourth-order valence-corrected chi connectivity index (χ4v) is 8.54. The second kappa shape index (κ2) is 15.5. The van der Waals surface area contributed by atoms with E-state index in [1.807, 2.05) is 0 Å². The van der Waals surface area contributed by atoms with Gasteiger partial charge in [-0.1, -0.05) is 12.1 Å². The number of carbonyl (C=O) groups is 4. The Morgan fingerprint density at radius 3 is 2.20 bits per heavy atom. The average molecular weight is 786 g/mol. The number of carbonyl (C=O) groups excluding carboxylic acids is 4. The Bertz CT molecular complexity index is 1890. The fourth-order valence-electron chi connectivity index (χ4n) is 8.54. The molecule has 2 aromatic carbocycles. The molecule has 12 atom stereocenters. The lowest BCUT2D eigenvalue weighted by Crippen LogP contribution is -2.57. The quantitative estimate of drug-likeness (QED) is 0.165. The van der Waals surface area contributed by atoms with Crippen molar-refractivity contribution in [3.63, 3.8) is 0 Å². The van der Waals surface area contributed by atoms with Crippen LogP contribution in [0.4, 0.5) is 0 Å². The largest absolute Gasteiger partial charge is 0.507 e. The molecule has 17 heteroatoms. The van der Waals surface area contributed by atoms with Gasteiger partial charge in [0, 0.05) is 61.3 Å². The van der Waals surface area contributed by atoms with Crippen molar-refractivity contribution in [2.45, 2.75) is 133 Å². The first-order valence-corrected chi connectivity index (χ1v) is 18.7. The second-order valence-electron chi connectivity index (χ2n) is 15.2. The molecular weight excluding hydrogens is 738 g/mol. The van der Waals surface area contributed by atoms with Crippen LogP contribution in [-0.4, -0.2) is 130 Å². The van der Waals surface area contributed by atoms with Gasteiger partial charge in [0.1, 0.15) is 47.8 Å². The van der Waals surface area contributed by atoms with Crippen molar-refractivity contribution in [1.29, 1.82) is 0 Å². The number of aliphatic hydroxyl groups excluding tert-OH is 2. The molecule has 0 aromatic heterocycles. The maximum absolute atomic E-state index is 13.9. The van der Waals surface area contributed by atoms with Crippen LogP contribution >= 0.6 is 0 Å². The number of ether oxygens (including phenoxy) is 7. The summed E-state index contributed by atoms with van der Waals surface area (Å²) in [6, 6.07) is 3.60. The van der Waals surface area contributed by atoms with Gasteiger partial charge < -0.3 is 64.4 Å². The van der Waals surface area contributed by atoms with E-state index in [2.05, 4.69) is 0 Å². The lowest BCUT2D eigenvalue weighted by molar-refractivity contribution is -0.319. The summed E-state index contributed by atoms with van der Waals surface area (Å²) in [5, 5.41) is 55.7. The number of hydrogen-bond acceptors (Lipinski definition) is 17. The summed E-state index contributed by atoms with van der Waals surface area (Å²) in [4.78, 5) is 52.5. The number of Topliss-reactive ketones (excluding diaryl/α,β-unsaturated/α-hetero) is 2. The Kier molecular flexibility index (Phi) is 11.1. The van der Waals surface area contributed by atoms with Gasteiger partial charge in [0.15, 0.2) is 36.2 Å². The summed E-state index contributed by atoms with van der Waals surface area (Å²) >= 11 is 0. The molecule has 3 saturated heterocycles. The first-order valence-electron chi connectivity index (χ1n) is 18.7. The van der Waals surface area contributed by atoms with E-state index in [0.29, 0.717) is 12.8 Å². The highest BCUT2D eigenvalue weighted by molar-refractivity contribution is 6.31. The lowest BCUT2D eigenvalue weighted by atomic mass is 9.72. The van der Waals surface area contributed by atoms with Gasteiger partial charge in [0.05, 0.1) is 48.2 Å². The van der Waals surface area contributed by atoms with Gasteiger partial charge in [-0.25, -0.2) is 0 Å². The molecule has 7 rings (SSSR count). The van der Waals surface area contributed by atoms with Crippen molar-refractivity contribution in [1.82, 2.24) is 0 Å². The van der Waals surface area contributed by atoms with E-state index in [1.54, 1.807) is 20.8 Å². The summed E-state index contributed by atoms with van der Waals surface area (Å²) in [7, 11) is 1.32. The van der Waals surface area contributed by atoms with Crippen molar-refractivity contribution in [3.8, 4) is 17.2 Å². The average Bonchev–Trinajstić information content (AvgIpc) is 3.15. The van der Waals surface area contributed by atoms with E-state index in [-0.39, 0.29) is 46.6 Å². The third-order valence-electron chi connectivity index (χ3n) is 11.5. The zero-order chi connectivity index (χ0) is 40.4. The predicted octanol–water partition coefficient (Wildman–Crippen LogP) is 1.00. The summed E-state index contributed by atoms with van der Waals surface area (Å²) in [6.45, 7) is 3.99. The maximum Gasteiger partial charge on any atom is 0.202 e. The Balaban J connectivity index is 1.10. The standard InChI is InChI=1S/C39H47NO16/c1-15-21(42)8-9-26(51-15)55-38-17(3)53-28(11-22(38)43)56-37-16(2)52-27(10-20(37)40)54-24-13-39(49,25(44)14-41)12-19-30(24)36(48)32-31(34(19)46)33(45)18-6-5-7-23(50-4)29(18)35(32)47/h5-7,15-17,20,22,24,26-28,37-38,41,43,46,48-49H,8-14,40H2,1-4H3/t15-,16-,17-,20-,22-,24-,26-,27-,28-,37+,38+,39-/m0/s1. The van der Waals surface area contributed by atoms with Crippen LogP contribution in [0.2, 0.25) is 0 Å². The highest BCUT2D eigenvalue weighted by Crippen LogP contribution is 2.52. The number of nitrogens with two attached hydrogens (primary N) is 1. The molecule has 0 amide bonds. The van der Waals surface area contributed by atoms with Crippen LogP contribution in [0.25, 0.3) is 0 Å². The van der Waals surface area contributed by atoms with Crippen molar-refractivity contribution in [2.75, 3.05) is 13.7 Å². The minimum absolute atomic E-state index is 0.0144. The van der Waals surface area contributed by atoms with Crippen LogP contribution in [0.3, 0.4) is 0 Å². The molecule has 3 heterocycles. The van der Waals surface area contributed by atoms with E-state index in [0.717, 1.165) is 0 Å². The van der Waals surface area contributed by atoms with Crippen LogP contribution in [0.15, 0.2) is 18.2 Å². The van der Waals surface area contributed by atoms with E-state index in [9.17, 15) is 44.7 Å². The molecule has 0 radical (unpaired) electrons. The second-order valence-corrected chi connectivity index (χ2v) is 15.2. The maximum atomic E-state index is 13.9. The molecule has 56 heavy (non-hydrogen) atoms. The number of rotatable bonds is 9. The van der Waals surface area contributed by atoms with Crippen molar-refractivity contribution < 1.29 is 77.9 Å². The number of methoxy groups -OCH3 is 1. The number of phenols is 2. The van der Waals surface area contributed by atoms with Crippen LogP contribution in [-0.2, 0) is 44.4 Å². The minimum Gasteiger partial charge on any atom is -0.507 e. The number of ketones is 4. The molecule has 7 N–H and O–H groups in total. The molecule has 3 fully saturated rings. The minimum atomic E-state index is -2.31. The summed E-state index contributed by atoms with van der Waals surface area (Å²) < 4.78 is 41.7. The zero-order valence-electron chi connectivity index (χ0n) is 31.3. The molecule has 0 unspecified atom stereocenters. The molecule has 2 aliphatic carbocycles. The van der Waals surface area contributed by atoms with Gasteiger partial charge >= 0.3 is 0 Å². The smallest absolute Gasteiger partial charge is 0.202 e. The Morgan fingerprint density at radius 1 is 0.893 bits per heavy atom. The number of aromatic hydroxyl groups is 2. The fraction of sp³-hybridized carbons (Fsp3) is 0.590. The molecule has 304 valence electrons. The third-order valence-corrected chi connectivity index (χ3v) is 11.5. The van der Waals surface area contributed by atoms with Gasteiger partial charge in [-0.15, -0.1) is 0 Å². The third kappa shape index (κ3) is 7.03. The van der Waals surface area contributed by atoms with E-state index >= 15 is 0 Å². The number of phenolic OH excluding ortho intramolecular Hbond substituents is 2. The first-order chi connectivity index (χ1) is 26.6. The van der Waals surface area contributed by atoms with Crippen molar-refractivity contribution in [2.24, 2.45) is 5.73 Å². The van der Waals surface area contributed by atoms with Gasteiger partial charge in [0.2, 0.25) is 5.78 Å². The van der Waals surface area contributed by atoms with Gasteiger partial charge in [0.25, 0.3) is 0 Å². The SMILES string of the molecule is COc1cccc2c1C(=O)c1c(O)c3c(c(O)c1C2=O)C[C@@](O)(C(=O)CO)C[C@@H]3O[C@H]1C[C@H](N)[C@H](O[C@H]2C[C@H](O)[C@H](O[C@H]3CCC(=O)[C@H](C)O3)[C@H](C)O2)[C@H](C)O1. The molecule has 0 spiro atoms. The van der Waals surface area contributed by atoms with Crippen molar-refractivity contribution in [3.05, 3.63) is 51.6 Å². The molecule has 2 aromatic rings. The molecule has 17 nitrogen and oxygen atoms in total. The monoisotopic (exact) mass is 785 g/mol. The van der Waals surface area contributed by atoms with Crippen LogP contribution in [0.1, 0.15) is 102 Å². The Morgan fingerprint density at radius 2 is 1.55 bits per heavy atom. The predicted molar refractivity (Wildman–Crippen MR) is 189 cm³/mol. The van der Waals surface area contributed by atoms with E-state index in [1.165, 1.54) is 25.3 Å². The van der Waals surface area contributed by atoms with Gasteiger partial charge in [-0.3, -0.25) is 19.2 Å². The summed E-state index contributed by atoms with van der Waals surface area (Å²) in [5.74, 6) is -3.94. The molecule has 0 bridgehead atoms. The van der Waals surface area contributed by atoms with Gasteiger partial charge in [-0.05, 0) is 26.8 Å². The number of fused-ring (bicyclic) bond motifs is 3. The molecule has 5 aliphatic rings. The van der Waals surface area contributed by atoms with E-state index in [4.69, 9.17) is 38.9 Å². The molecule has 0 saturated carbocycles. The highest BCUT2D eigenvalue weighted by atomic mass is 16.7. The van der Waals surface area contributed by atoms with E-state index < -0.39 is 133 Å². The lowest BCUT2D eigenvalue weighted by Gasteiger charge is -2.45. The topological polar surface area (TPSA) is 260 Å². The number of hydrogen-bond donors (Lipinski definition) is 6. The number of aliphatic hydroxyl groups is 3. The molecular formula is C39H47NO16. The van der Waals surface area contributed by atoms with Crippen molar-refractivity contribution >= 4 is 23.1 Å². The normalized spacial score (nSPS) is 35.7. The van der Waals surface area contributed by atoms with Crippen LogP contribution < -0.4 is 10.5 Å². The van der Waals surface area contributed by atoms with Crippen LogP contribution in [0, 0.1) is 0 Å². The molecule has 3 aliphatic heterocycles. The van der Waals surface area contributed by atoms with Crippen LogP contribution in [0.5, 0.6) is 17.2 Å². The Hall–Kier alpha value is -3.88. The number of benzene rings is 2. The summed E-state index contributed by atoms with van der Waals surface area (Å²) in [6.07, 6.45) is -9.03. The zero-order valence-corrected chi connectivity index (χ0v) is 31.3. The highest BCUT2D eigenvalue weighted by Gasteiger charge is 2.51. The summed E-state index contributed by atoms with van der Waals surface area (Å²) in [5.41, 5.74) is 2.75. The van der Waals surface area contributed by atoms with Gasteiger partial charge in [-0.2, -0.15) is 0 Å². The first kappa shape index (κ1) is 40.3. The Labute approximate surface area is 321 Å².